The molecule has 0 radical (unpaired) electrons. The van der Waals surface area contributed by atoms with Crippen LogP contribution in [0.2, 0.25) is 0 Å². The second kappa shape index (κ2) is 15.3. The van der Waals surface area contributed by atoms with Gasteiger partial charge in [0, 0.05) is 24.7 Å². The first-order valence-electron chi connectivity index (χ1n) is 15.4. The first-order chi connectivity index (χ1) is 22.5. The highest BCUT2D eigenvalue weighted by atomic mass is 16.5. The van der Waals surface area contributed by atoms with Crippen LogP contribution in [0.3, 0.4) is 0 Å². The van der Waals surface area contributed by atoms with Gasteiger partial charge in [0.05, 0.1) is 14.2 Å². The molecule has 0 aliphatic rings. The minimum Gasteiger partial charge on any atom is -0.497 e. The number of esters is 2. The average Bonchev–Trinajstić information content (AvgIpc) is 3.08. The summed E-state index contributed by atoms with van der Waals surface area (Å²) in [4.78, 5) is 22.1. The second-order valence-electron chi connectivity index (χ2n) is 11.8. The van der Waals surface area contributed by atoms with E-state index in [1.54, 1.807) is 14.2 Å². The van der Waals surface area contributed by atoms with Gasteiger partial charge in [0.25, 0.3) is 0 Å². The molecule has 1 unspecified atom stereocenters. The fraction of sp³-hybridized carbons (Fsp3) is 0.220. The van der Waals surface area contributed by atoms with Crippen molar-refractivity contribution in [2.75, 3.05) is 14.2 Å². The van der Waals surface area contributed by atoms with Crippen LogP contribution in [-0.2, 0) is 20.4 Å². The SMILES string of the molecule is COc1ccc(C(C)(C)c2ccc(OC(C)=O)cc2)cc1.COc1ccc(C(C)(c2ccccc2)c2ccc(OC(C)=O)cc2)cc1. The monoisotopic (exact) mass is 630 g/mol. The van der Waals surface area contributed by atoms with Gasteiger partial charge in [0.15, 0.2) is 0 Å². The van der Waals surface area contributed by atoms with Gasteiger partial charge in [-0.2, -0.15) is 0 Å². The highest BCUT2D eigenvalue weighted by Crippen LogP contribution is 2.40. The van der Waals surface area contributed by atoms with Crippen molar-refractivity contribution in [2.24, 2.45) is 0 Å². The maximum absolute atomic E-state index is 11.2. The van der Waals surface area contributed by atoms with E-state index in [0.29, 0.717) is 11.5 Å². The molecule has 0 aliphatic carbocycles. The van der Waals surface area contributed by atoms with Crippen LogP contribution in [0.15, 0.2) is 127 Å². The summed E-state index contributed by atoms with van der Waals surface area (Å²) >= 11 is 0. The van der Waals surface area contributed by atoms with Crippen molar-refractivity contribution < 1.29 is 28.5 Å². The molecule has 0 bridgehead atoms. The van der Waals surface area contributed by atoms with Gasteiger partial charge in [-0.05, 0) is 83.3 Å². The van der Waals surface area contributed by atoms with Crippen molar-refractivity contribution in [3.63, 3.8) is 0 Å². The van der Waals surface area contributed by atoms with E-state index in [1.807, 2.05) is 91.0 Å². The van der Waals surface area contributed by atoms with Crippen LogP contribution in [-0.4, -0.2) is 26.2 Å². The Morgan fingerprint density at radius 3 is 1.04 bits per heavy atom. The molecule has 0 saturated heterocycles. The fourth-order valence-electron chi connectivity index (χ4n) is 5.50. The standard InChI is InChI=1S/C23H22O3.C18H20O3/c1-17(24)26-22-15-11-20(12-16-22)23(2,18-7-5-4-6-8-18)19-9-13-21(25-3)14-10-19;1-13(19)21-17-11-7-15(8-12-17)18(2,3)14-5-9-16(20-4)10-6-14/h4-16H,1-3H3;5-12H,1-4H3. The van der Waals surface area contributed by atoms with E-state index in [2.05, 4.69) is 57.2 Å². The third-order valence-corrected chi connectivity index (χ3v) is 8.36. The predicted molar refractivity (Wildman–Crippen MR) is 186 cm³/mol. The molecular formula is C41H42O6. The Morgan fingerprint density at radius 2 is 0.723 bits per heavy atom. The van der Waals surface area contributed by atoms with E-state index in [4.69, 9.17) is 18.9 Å². The molecule has 0 N–H and O–H groups in total. The maximum Gasteiger partial charge on any atom is 0.308 e. The number of rotatable bonds is 9. The molecular weight excluding hydrogens is 588 g/mol. The zero-order valence-electron chi connectivity index (χ0n) is 28.1. The molecule has 5 aromatic carbocycles. The van der Waals surface area contributed by atoms with Crippen molar-refractivity contribution >= 4 is 11.9 Å². The third-order valence-electron chi connectivity index (χ3n) is 8.36. The molecule has 0 spiro atoms. The first-order valence-corrected chi connectivity index (χ1v) is 15.4. The number of carbonyl (C=O) groups excluding carboxylic acids is 2. The van der Waals surface area contributed by atoms with Crippen LogP contribution in [0.5, 0.6) is 23.0 Å². The number of hydrogen-bond donors (Lipinski definition) is 0. The lowest BCUT2D eigenvalue weighted by Crippen LogP contribution is -2.25. The molecule has 242 valence electrons. The molecule has 0 aromatic heterocycles. The summed E-state index contributed by atoms with van der Waals surface area (Å²) in [5.41, 5.74) is 5.33. The summed E-state index contributed by atoms with van der Waals surface area (Å²) < 4.78 is 20.7. The molecule has 5 rings (SSSR count). The van der Waals surface area contributed by atoms with Crippen molar-refractivity contribution in [3.8, 4) is 23.0 Å². The number of hydrogen-bond acceptors (Lipinski definition) is 6. The molecule has 0 fully saturated rings. The predicted octanol–water partition coefficient (Wildman–Crippen LogP) is 8.92. The Labute approximate surface area is 277 Å². The van der Waals surface area contributed by atoms with E-state index in [9.17, 15) is 9.59 Å². The van der Waals surface area contributed by atoms with E-state index < -0.39 is 0 Å². The normalized spacial score (nSPS) is 12.1. The minimum atomic E-state index is -0.345. The number of ether oxygens (including phenoxy) is 4. The summed E-state index contributed by atoms with van der Waals surface area (Å²) in [5.74, 6) is 2.16. The Kier molecular flexibility index (Phi) is 11.2. The molecule has 0 amide bonds. The summed E-state index contributed by atoms with van der Waals surface area (Å²) in [6.45, 7) is 9.32. The smallest absolute Gasteiger partial charge is 0.308 e. The molecule has 5 aromatic rings. The van der Waals surface area contributed by atoms with Gasteiger partial charge >= 0.3 is 11.9 Å². The van der Waals surface area contributed by atoms with Gasteiger partial charge in [0.2, 0.25) is 0 Å². The third kappa shape index (κ3) is 8.47. The number of carbonyl (C=O) groups is 2. The second-order valence-corrected chi connectivity index (χ2v) is 11.8. The van der Waals surface area contributed by atoms with Crippen molar-refractivity contribution in [1.29, 1.82) is 0 Å². The van der Waals surface area contributed by atoms with Crippen molar-refractivity contribution in [1.82, 2.24) is 0 Å². The zero-order valence-corrected chi connectivity index (χ0v) is 28.1. The van der Waals surface area contributed by atoms with Crippen LogP contribution in [0.4, 0.5) is 0 Å². The van der Waals surface area contributed by atoms with E-state index in [0.717, 1.165) is 28.2 Å². The lowest BCUT2D eigenvalue weighted by molar-refractivity contribution is -0.132. The topological polar surface area (TPSA) is 71.1 Å². The Balaban J connectivity index is 0.000000218. The Bertz CT molecular complexity index is 1740. The molecule has 0 heterocycles. The van der Waals surface area contributed by atoms with E-state index in [-0.39, 0.29) is 22.8 Å². The van der Waals surface area contributed by atoms with Crippen LogP contribution in [0.1, 0.15) is 62.4 Å². The van der Waals surface area contributed by atoms with Crippen LogP contribution < -0.4 is 18.9 Å². The first kappa shape index (κ1) is 34.5. The summed E-state index contributed by atoms with van der Waals surface area (Å²) in [5, 5.41) is 0. The molecule has 47 heavy (non-hydrogen) atoms. The lowest BCUT2D eigenvalue weighted by atomic mass is 9.71. The van der Waals surface area contributed by atoms with Gasteiger partial charge in [-0.1, -0.05) is 92.7 Å². The molecule has 0 aliphatic heterocycles. The fourth-order valence-corrected chi connectivity index (χ4v) is 5.50. The van der Waals surface area contributed by atoms with Gasteiger partial charge in [-0.3, -0.25) is 9.59 Å². The van der Waals surface area contributed by atoms with Gasteiger partial charge in [-0.15, -0.1) is 0 Å². The van der Waals surface area contributed by atoms with Gasteiger partial charge in [0.1, 0.15) is 23.0 Å². The van der Waals surface area contributed by atoms with Crippen LogP contribution >= 0.6 is 0 Å². The number of methoxy groups -OCH3 is 2. The maximum atomic E-state index is 11.2. The largest absolute Gasteiger partial charge is 0.497 e. The average molecular weight is 631 g/mol. The lowest BCUT2D eigenvalue weighted by Gasteiger charge is -2.32. The molecule has 1 atom stereocenters. The van der Waals surface area contributed by atoms with Gasteiger partial charge in [-0.25, -0.2) is 0 Å². The van der Waals surface area contributed by atoms with E-state index in [1.165, 1.54) is 25.0 Å². The highest BCUT2D eigenvalue weighted by Gasteiger charge is 2.31. The van der Waals surface area contributed by atoms with Crippen molar-refractivity contribution in [2.45, 2.75) is 45.4 Å². The number of benzene rings is 5. The minimum absolute atomic E-state index is 0.138. The van der Waals surface area contributed by atoms with Crippen LogP contribution in [0.25, 0.3) is 0 Å². The zero-order chi connectivity index (χ0) is 34.0. The molecule has 6 nitrogen and oxygen atoms in total. The quantitative estimate of drug-likeness (QED) is 0.0920. The Hall–Kier alpha value is -5.36. The van der Waals surface area contributed by atoms with Crippen LogP contribution in [0, 0.1) is 0 Å². The highest BCUT2D eigenvalue weighted by molar-refractivity contribution is 5.69. The molecule has 6 heteroatoms. The Morgan fingerprint density at radius 1 is 0.426 bits per heavy atom. The van der Waals surface area contributed by atoms with Crippen molar-refractivity contribution in [3.05, 3.63) is 155 Å². The molecule has 0 saturated carbocycles. The summed E-state index contributed by atoms with van der Waals surface area (Å²) in [6.07, 6.45) is 0. The van der Waals surface area contributed by atoms with E-state index >= 15 is 0 Å². The summed E-state index contributed by atoms with van der Waals surface area (Å²) in [6, 6.07) is 41.9. The summed E-state index contributed by atoms with van der Waals surface area (Å²) in [7, 11) is 3.33. The van der Waals surface area contributed by atoms with Gasteiger partial charge < -0.3 is 18.9 Å².